The lowest BCUT2D eigenvalue weighted by Crippen LogP contribution is -2.23. The normalized spacial score (nSPS) is 16.3. The van der Waals surface area contributed by atoms with Crippen molar-refractivity contribution in [2.75, 3.05) is 5.32 Å². The Kier molecular flexibility index (Phi) is 3.81. The third kappa shape index (κ3) is 2.63. The minimum absolute atomic E-state index is 0.478. The van der Waals surface area contributed by atoms with Gasteiger partial charge in [-0.05, 0) is 31.0 Å². The largest absolute Gasteiger partial charge is 0.364 e. The number of nitrogens with zero attached hydrogens (tertiary/aromatic N) is 4. The minimum Gasteiger partial charge on any atom is -0.364 e. The Balaban J connectivity index is 1.89. The second-order valence-electron chi connectivity index (χ2n) is 6.20. The van der Waals surface area contributed by atoms with Gasteiger partial charge in [-0.1, -0.05) is 37.8 Å². The number of anilines is 1. The fraction of sp³-hybridized carbons (Fsp3) is 0.471. The molecule has 2 heterocycles. The fourth-order valence-corrected chi connectivity index (χ4v) is 3.60. The number of aryl methyl sites for hydroxylation is 1. The van der Waals surface area contributed by atoms with E-state index in [9.17, 15) is 0 Å². The molecule has 23 heavy (non-hydrogen) atoms. The molecule has 0 spiro atoms. The Bertz CT molecular complexity index is 851. The Morgan fingerprint density at radius 2 is 2.04 bits per heavy atom. The smallest absolute Gasteiger partial charge is 0.204 e. The van der Waals surface area contributed by atoms with Gasteiger partial charge in [0.25, 0.3) is 0 Å². The van der Waals surface area contributed by atoms with E-state index in [1.165, 1.54) is 32.1 Å². The molecule has 1 aliphatic rings. The molecule has 5 nitrogen and oxygen atoms in total. The third-order valence-corrected chi connectivity index (χ3v) is 4.85. The maximum Gasteiger partial charge on any atom is 0.204 e. The molecule has 1 aliphatic carbocycles. The summed E-state index contributed by atoms with van der Waals surface area (Å²) >= 11 is 6.18. The van der Waals surface area contributed by atoms with Crippen LogP contribution >= 0.6 is 11.6 Å². The molecule has 0 radical (unpaired) electrons. The van der Waals surface area contributed by atoms with Crippen LogP contribution in [0.25, 0.3) is 16.7 Å². The molecule has 1 fully saturated rings. The molecule has 3 aromatic rings. The quantitative estimate of drug-likeness (QED) is 0.781. The van der Waals surface area contributed by atoms with E-state index < -0.39 is 0 Å². The number of fused-ring (bicyclic) bond motifs is 3. The van der Waals surface area contributed by atoms with Gasteiger partial charge in [-0.15, -0.1) is 10.2 Å². The van der Waals surface area contributed by atoms with Crippen LogP contribution in [0.15, 0.2) is 18.2 Å². The first-order chi connectivity index (χ1) is 11.3. The van der Waals surface area contributed by atoms with Crippen LogP contribution in [0.1, 0.15) is 44.9 Å². The number of benzene rings is 1. The molecule has 1 aromatic carbocycles. The summed E-state index contributed by atoms with van der Waals surface area (Å²) in [4.78, 5) is 4.79. The summed E-state index contributed by atoms with van der Waals surface area (Å²) in [6.45, 7) is 2.08. The number of aromatic nitrogens is 4. The van der Waals surface area contributed by atoms with Crippen molar-refractivity contribution in [2.45, 2.75) is 51.5 Å². The summed E-state index contributed by atoms with van der Waals surface area (Å²) in [5.41, 5.74) is 2.67. The van der Waals surface area contributed by atoms with Crippen LogP contribution in [0.3, 0.4) is 0 Å². The van der Waals surface area contributed by atoms with Gasteiger partial charge in [-0.25, -0.2) is 4.98 Å². The van der Waals surface area contributed by atoms with E-state index in [1.807, 2.05) is 18.2 Å². The highest BCUT2D eigenvalue weighted by Crippen LogP contribution is 2.27. The van der Waals surface area contributed by atoms with Gasteiger partial charge in [0.1, 0.15) is 5.82 Å². The molecule has 0 bridgehead atoms. The number of halogens is 1. The maximum atomic E-state index is 6.18. The van der Waals surface area contributed by atoms with Gasteiger partial charge < -0.3 is 5.32 Å². The predicted octanol–water partition coefficient (Wildman–Crippen LogP) is 4.24. The van der Waals surface area contributed by atoms with E-state index in [0.29, 0.717) is 11.1 Å². The maximum absolute atomic E-state index is 6.18. The van der Waals surface area contributed by atoms with Crippen LogP contribution in [0, 0.1) is 0 Å². The van der Waals surface area contributed by atoms with Crippen molar-refractivity contribution < 1.29 is 0 Å². The van der Waals surface area contributed by atoms with Crippen molar-refractivity contribution >= 4 is 34.1 Å². The third-order valence-electron chi connectivity index (χ3n) is 4.61. The molecule has 2 aromatic heterocycles. The summed E-state index contributed by atoms with van der Waals surface area (Å²) in [5, 5.41) is 13.0. The van der Waals surface area contributed by atoms with E-state index in [4.69, 9.17) is 16.6 Å². The first-order valence-corrected chi connectivity index (χ1v) is 8.74. The first-order valence-electron chi connectivity index (χ1n) is 8.36. The zero-order chi connectivity index (χ0) is 15.8. The molecule has 0 saturated heterocycles. The second-order valence-corrected chi connectivity index (χ2v) is 6.64. The highest BCUT2D eigenvalue weighted by Gasteiger charge is 2.19. The Morgan fingerprint density at radius 1 is 1.22 bits per heavy atom. The lowest BCUT2D eigenvalue weighted by Gasteiger charge is -2.23. The Morgan fingerprint density at radius 3 is 2.83 bits per heavy atom. The lowest BCUT2D eigenvalue weighted by molar-refractivity contribution is 0.462. The molecule has 1 saturated carbocycles. The van der Waals surface area contributed by atoms with Crippen LogP contribution in [0.4, 0.5) is 5.82 Å². The number of nitrogens with one attached hydrogen (secondary N) is 1. The van der Waals surface area contributed by atoms with Gasteiger partial charge in [0, 0.05) is 17.5 Å². The molecule has 4 rings (SSSR count). The fourth-order valence-electron chi connectivity index (χ4n) is 3.43. The average Bonchev–Trinajstić information content (AvgIpc) is 3.01. The molecule has 0 atom stereocenters. The highest BCUT2D eigenvalue weighted by molar-refractivity contribution is 6.31. The molecular formula is C17H20ClN5. The number of rotatable bonds is 3. The molecule has 1 N–H and O–H groups in total. The van der Waals surface area contributed by atoms with Gasteiger partial charge in [-0.2, -0.15) is 0 Å². The minimum atomic E-state index is 0.478. The molecule has 6 heteroatoms. The molecule has 0 amide bonds. The lowest BCUT2D eigenvalue weighted by atomic mass is 9.95. The van der Waals surface area contributed by atoms with E-state index in [2.05, 4.69) is 26.8 Å². The van der Waals surface area contributed by atoms with Crippen LogP contribution in [-0.4, -0.2) is 25.6 Å². The number of hydrogen-bond donors (Lipinski definition) is 1. The van der Waals surface area contributed by atoms with Crippen LogP contribution in [-0.2, 0) is 6.42 Å². The van der Waals surface area contributed by atoms with E-state index in [0.717, 1.165) is 34.7 Å². The zero-order valence-electron chi connectivity index (χ0n) is 13.2. The van der Waals surface area contributed by atoms with Gasteiger partial charge in [0.05, 0.1) is 11.0 Å². The van der Waals surface area contributed by atoms with Crippen LogP contribution in [0.5, 0.6) is 0 Å². The highest BCUT2D eigenvalue weighted by atomic mass is 35.5. The summed E-state index contributed by atoms with van der Waals surface area (Å²) in [6.07, 6.45) is 7.11. The summed E-state index contributed by atoms with van der Waals surface area (Å²) in [7, 11) is 0. The van der Waals surface area contributed by atoms with Gasteiger partial charge in [0.2, 0.25) is 5.65 Å². The first kappa shape index (κ1) is 14.7. The SMILES string of the molecule is CCc1nnc2c(NC3CCCCC3)nc3ccc(Cl)cc3n12. The topological polar surface area (TPSA) is 55.1 Å². The van der Waals surface area contributed by atoms with E-state index >= 15 is 0 Å². The van der Waals surface area contributed by atoms with Crippen molar-refractivity contribution in [3.05, 3.63) is 29.0 Å². The second kappa shape index (κ2) is 5.96. The monoisotopic (exact) mass is 329 g/mol. The Hall–Kier alpha value is -1.88. The van der Waals surface area contributed by atoms with Crippen molar-refractivity contribution in [3.8, 4) is 0 Å². The van der Waals surface area contributed by atoms with Gasteiger partial charge in [-0.3, -0.25) is 4.40 Å². The summed E-state index contributed by atoms with van der Waals surface area (Å²) in [5.74, 6) is 1.76. The zero-order valence-corrected chi connectivity index (χ0v) is 14.0. The van der Waals surface area contributed by atoms with E-state index in [1.54, 1.807) is 0 Å². The van der Waals surface area contributed by atoms with Crippen molar-refractivity contribution in [1.82, 2.24) is 19.6 Å². The molecular weight excluding hydrogens is 310 g/mol. The molecule has 0 aliphatic heterocycles. The molecule has 120 valence electrons. The van der Waals surface area contributed by atoms with Crippen LogP contribution in [0.2, 0.25) is 5.02 Å². The standard InChI is InChI=1S/C17H20ClN5/c1-2-15-21-22-17-16(19-12-6-4-3-5-7-12)20-13-9-8-11(18)10-14(13)23(15)17/h8-10,12H,2-7H2,1H3,(H,19,20). The predicted molar refractivity (Wildman–Crippen MR) is 93.2 cm³/mol. The van der Waals surface area contributed by atoms with Crippen molar-refractivity contribution in [1.29, 1.82) is 0 Å². The van der Waals surface area contributed by atoms with Gasteiger partial charge in [0.15, 0.2) is 5.82 Å². The van der Waals surface area contributed by atoms with Crippen molar-refractivity contribution in [2.24, 2.45) is 0 Å². The molecule has 0 unspecified atom stereocenters. The van der Waals surface area contributed by atoms with Crippen molar-refractivity contribution in [3.63, 3.8) is 0 Å². The summed E-state index contributed by atoms with van der Waals surface area (Å²) in [6, 6.07) is 6.25. The summed E-state index contributed by atoms with van der Waals surface area (Å²) < 4.78 is 2.08. The number of hydrogen-bond acceptors (Lipinski definition) is 4. The van der Waals surface area contributed by atoms with Crippen LogP contribution < -0.4 is 5.32 Å². The average molecular weight is 330 g/mol. The Labute approximate surface area is 140 Å². The van der Waals surface area contributed by atoms with E-state index in [-0.39, 0.29) is 0 Å². The van der Waals surface area contributed by atoms with Gasteiger partial charge >= 0.3 is 0 Å².